The smallest absolute Gasteiger partial charge is 0.427 e. The van der Waals surface area contributed by atoms with Gasteiger partial charge in [0.25, 0.3) is 5.56 Å². The molecule has 1 aliphatic carbocycles. The van der Waals surface area contributed by atoms with Crippen LogP contribution in [0.1, 0.15) is 65.1 Å². The number of carboxylic acid groups (broad SMARTS) is 1. The predicted molar refractivity (Wildman–Crippen MR) is 128 cm³/mol. The van der Waals surface area contributed by atoms with Crippen LogP contribution in [-0.4, -0.2) is 44.0 Å². The lowest BCUT2D eigenvalue weighted by molar-refractivity contribution is -0.140. The lowest BCUT2D eigenvalue weighted by Crippen LogP contribution is -2.46. The van der Waals surface area contributed by atoms with E-state index in [9.17, 15) is 24.3 Å². The molecular weight excluding hydrogens is 454 g/mol. The zero-order valence-corrected chi connectivity index (χ0v) is 21.0. The van der Waals surface area contributed by atoms with Crippen LogP contribution in [0.4, 0.5) is 15.5 Å². The second-order valence-electron chi connectivity index (χ2n) is 10.6. The second kappa shape index (κ2) is 8.83. The Hall–Kier alpha value is -3.69. The number of amides is 2. The van der Waals surface area contributed by atoms with Gasteiger partial charge in [-0.1, -0.05) is 30.3 Å². The van der Waals surface area contributed by atoms with E-state index in [1.165, 1.54) is 13.1 Å². The number of anilines is 1. The molecule has 10 heteroatoms. The zero-order chi connectivity index (χ0) is 26.3. The molecule has 0 unspecified atom stereocenters. The molecule has 1 fully saturated rings. The summed E-state index contributed by atoms with van der Waals surface area (Å²) in [4.78, 5) is 56.3. The van der Waals surface area contributed by atoms with Gasteiger partial charge in [-0.15, -0.1) is 4.90 Å². The number of benzene rings is 1. The van der Waals surface area contributed by atoms with Gasteiger partial charge >= 0.3 is 18.2 Å². The lowest BCUT2D eigenvalue weighted by atomic mass is 9.92. The van der Waals surface area contributed by atoms with Crippen LogP contribution in [0.15, 0.2) is 41.2 Å². The summed E-state index contributed by atoms with van der Waals surface area (Å²) in [5, 5.41) is 10.1. The van der Waals surface area contributed by atoms with Crippen molar-refractivity contribution in [2.45, 2.75) is 70.5 Å². The summed E-state index contributed by atoms with van der Waals surface area (Å²) < 4.78 is 11.8. The van der Waals surface area contributed by atoms with Gasteiger partial charge in [-0.2, -0.15) is 0 Å². The Kier molecular flexibility index (Phi) is 6.54. The molecule has 2 amide bonds. The van der Waals surface area contributed by atoms with Gasteiger partial charge in [0.2, 0.25) is 5.95 Å². The van der Waals surface area contributed by atoms with Crippen molar-refractivity contribution in [3.05, 3.63) is 58.0 Å². The van der Waals surface area contributed by atoms with Crippen molar-refractivity contribution in [2.75, 3.05) is 4.90 Å². The van der Waals surface area contributed by atoms with Gasteiger partial charge in [0, 0.05) is 19.0 Å². The summed E-state index contributed by atoms with van der Waals surface area (Å²) >= 11 is 0. The van der Waals surface area contributed by atoms with Gasteiger partial charge in [-0.05, 0) is 53.5 Å². The van der Waals surface area contributed by atoms with Crippen LogP contribution in [0, 0.1) is 0 Å². The third-order valence-electron chi connectivity index (χ3n) is 5.47. The number of aliphatic carboxylic acids is 1. The summed E-state index contributed by atoms with van der Waals surface area (Å²) in [5.41, 5.74) is -2.99. The fourth-order valence-electron chi connectivity index (χ4n) is 3.81. The van der Waals surface area contributed by atoms with E-state index in [4.69, 9.17) is 9.47 Å². The van der Waals surface area contributed by atoms with Gasteiger partial charge in [-0.25, -0.2) is 14.6 Å². The molecule has 1 N–H and O–H groups in total. The monoisotopic (exact) mass is 485 g/mol. The molecule has 1 saturated carbocycles. The first kappa shape index (κ1) is 25.9. The first-order chi connectivity index (χ1) is 16.1. The van der Waals surface area contributed by atoms with E-state index in [0.29, 0.717) is 10.5 Å². The Bertz CT molecular complexity index is 1180. The summed E-state index contributed by atoms with van der Waals surface area (Å²) in [5.74, 6) is -2.00. The number of imide groups is 1. The van der Waals surface area contributed by atoms with Crippen LogP contribution in [0.25, 0.3) is 0 Å². The number of ether oxygens (including phenoxy) is 2. The first-order valence-corrected chi connectivity index (χ1v) is 11.2. The van der Waals surface area contributed by atoms with Gasteiger partial charge in [0.1, 0.15) is 16.6 Å². The normalized spacial score (nSPS) is 19.6. The highest BCUT2D eigenvalue weighted by atomic mass is 16.6. The Balaban J connectivity index is 2.12. The maximum absolute atomic E-state index is 13.1. The number of rotatable bonds is 4. The molecule has 2 atom stereocenters. The van der Waals surface area contributed by atoms with Crippen molar-refractivity contribution in [3.63, 3.8) is 0 Å². The van der Waals surface area contributed by atoms with Crippen LogP contribution >= 0.6 is 0 Å². The maximum Gasteiger partial charge on any atom is 0.427 e. The molecule has 10 nitrogen and oxygen atoms in total. The van der Waals surface area contributed by atoms with Gasteiger partial charge in [-0.3, -0.25) is 14.2 Å². The number of aromatic nitrogens is 2. The van der Waals surface area contributed by atoms with E-state index in [-0.39, 0.29) is 18.1 Å². The highest BCUT2D eigenvalue weighted by molar-refractivity contribution is 6.08. The zero-order valence-electron chi connectivity index (χ0n) is 21.0. The average molecular weight is 486 g/mol. The minimum atomic E-state index is -1.26. The number of nitrogens with zero attached hydrogens (tertiary/aromatic N) is 3. The first-order valence-electron chi connectivity index (χ1n) is 11.2. The van der Waals surface area contributed by atoms with E-state index in [0.717, 1.165) is 4.57 Å². The number of carbonyl (C=O) groups is 3. The highest BCUT2D eigenvalue weighted by Crippen LogP contribution is 2.60. The molecule has 3 rings (SSSR count). The Labute approximate surface area is 203 Å². The minimum absolute atomic E-state index is 0.159. The largest absolute Gasteiger partial charge is 0.481 e. The van der Waals surface area contributed by atoms with Crippen molar-refractivity contribution in [2.24, 2.45) is 7.05 Å². The number of carboxylic acids is 1. The molecule has 188 valence electrons. The van der Waals surface area contributed by atoms with Crippen molar-refractivity contribution in [1.29, 1.82) is 0 Å². The average Bonchev–Trinajstić information content (AvgIpc) is 3.46. The SMILES string of the molecule is Cn1c(N(C(=O)OC(C)(C)C)C(=O)OC(C)(C)C)nc([C@H]2C[C@]2(C(=O)O)c2ccccc2)cc1=O. The van der Waals surface area contributed by atoms with Crippen LogP contribution < -0.4 is 10.5 Å². The summed E-state index contributed by atoms with van der Waals surface area (Å²) in [6, 6.07) is 9.92. The van der Waals surface area contributed by atoms with Crippen LogP contribution in [0.5, 0.6) is 0 Å². The predicted octanol–water partition coefficient (Wildman–Crippen LogP) is 3.97. The Morgan fingerprint density at radius 1 is 1.03 bits per heavy atom. The van der Waals surface area contributed by atoms with Gasteiger partial charge < -0.3 is 14.6 Å². The molecule has 1 aromatic heterocycles. The number of hydrogen-bond acceptors (Lipinski definition) is 7. The third-order valence-corrected chi connectivity index (χ3v) is 5.47. The molecule has 35 heavy (non-hydrogen) atoms. The number of carbonyl (C=O) groups excluding carboxylic acids is 2. The molecule has 0 radical (unpaired) electrons. The molecule has 1 aromatic carbocycles. The van der Waals surface area contributed by atoms with Crippen LogP contribution in [-0.2, 0) is 26.7 Å². The van der Waals surface area contributed by atoms with Crippen molar-refractivity contribution >= 4 is 24.1 Å². The molecule has 0 aliphatic heterocycles. The van der Waals surface area contributed by atoms with E-state index in [2.05, 4.69) is 4.98 Å². The van der Waals surface area contributed by atoms with Crippen LogP contribution in [0.2, 0.25) is 0 Å². The Morgan fingerprint density at radius 2 is 1.54 bits per heavy atom. The fourth-order valence-corrected chi connectivity index (χ4v) is 3.81. The quantitative estimate of drug-likeness (QED) is 0.689. The third kappa shape index (κ3) is 5.36. The van der Waals surface area contributed by atoms with Gasteiger partial charge in [0.05, 0.1) is 5.69 Å². The Morgan fingerprint density at radius 3 is 2.00 bits per heavy atom. The second-order valence-corrected chi connectivity index (χ2v) is 10.6. The molecule has 0 saturated heterocycles. The topological polar surface area (TPSA) is 128 Å². The molecule has 1 aliphatic rings. The van der Waals surface area contributed by atoms with Crippen molar-refractivity contribution in [1.82, 2.24) is 9.55 Å². The minimum Gasteiger partial charge on any atom is -0.481 e. The molecule has 2 aromatic rings. The van der Waals surface area contributed by atoms with Crippen molar-refractivity contribution < 1.29 is 29.0 Å². The van der Waals surface area contributed by atoms with E-state index in [1.54, 1.807) is 71.9 Å². The maximum atomic E-state index is 13.1. The molecule has 1 heterocycles. The fraction of sp³-hybridized carbons (Fsp3) is 0.480. The van der Waals surface area contributed by atoms with E-state index < -0.39 is 46.3 Å². The molecule has 0 bridgehead atoms. The standard InChI is InChI=1S/C25H31N3O7/c1-23(2,3)34-21(32)28(22(33)35-24(4,5)6)20-26-17(13-18(29)27(20)7)16-14-25(16,19(30)31)15-11-9-8-10-12-15/h8-13,16H,14H2,1-7H3,(H,30,31)/t16-,25+/m1/s1. The van der Waals surface area contributed by atoms with Crippen LogP contribution in [0.3, 0.4) is 0 Å². The summed E-state index contributed by atoms with van der Waals surface area (Å²) in [7, 11) is 1.35. The molecule has 0 spiro atoms. The highest BCUT2D eigenvalue weighted by Gasteiger charge is 2.63. The lowest BCUT2D eigenvalue weighted by Gasteiger charge is -2.28. The number of hydrogen-bond donors (Lipinski definition) is 1. The summed E-state index contributed by atoms with van der Waals surface area (Å²) in [6.45, 7) is 9.79. The molecular formula is C25H31N3O7. The van der Waals surface area contributed by atoms with E-state index in [1.807, 2.05) is 0 Å². The van der Waals surface area contributed by atoms with Crippen molar-refractivity contribution in [3.8, 4) is 0 Å². The van der Waals surface area contributed by atoms with Gasteiger partial charge in [0.15, 0.2) is 0 Å². The summed E-state index contributed by atoms with van der Waals surface area (Å²) in [6.07, 6.45) is -1.94. The van der Waals surface area contributed by atoms with E-state index >= 15 is 0 Å².